The van der Waals surface area contributed by atoms with Crippen LogP contribution < -0.4 is 21.7 Å². The number of hydrogen-bond donors (Lipinski definition) is 4. The molecular weight excluding hydrogens is 589 g/mol. The Morgan fingerprint density at radius 3 is 1.82 bits per heavy atom. The van der Waals surface area contributed by atoms with Crippen LogP contribution in [0.2, 0.25) is 0 Å². The summed E-state index contributed by atoms with van der Waals surface area (Å²) in [5, 5.41) is 11.6. The molecule has 5 N–H and O–H groups in total. The van der Waals surface area contributed by atoms with Crippen LogP contribution in [0.25, 0.3) is 10.4 Å². The van der Waals surface area contributed by atoms with Gasteiger partial charge < -0.3 is 21.7 Å². The standard InChI is InChI=1S/C30H42FN7O5S/c1-19(2)14-25(28(39)34-24(18-44(31,42)43)16-22-10-12-23(32)13-11-22)35-29(40)26(15-20(3)4)36-30(41)27(37-38-33)17-21-8-6-5-7-9-21/h5-13,19-20,24-27H,14-18,32H2,1-4H3,(H,34,39)(H,35,40)(H,36,41)/t24-,25-,26-,27-/m0/s1. The highest BCUT2D eigenvalue weighted by atomic mass is 32.3. The van der Waals surface area contributed by atoms with Crippen molar-refractivity contribution in [3.05, 3.63) is 76.2 Å². The summed E-state index contributed by atoms with van der Waals surface area (Å²) in [5.74, 6) is -3.03. The number of hydrogen-bond acceptors (Lipinski definition) is 7. The molecule has 240 valence electrons. The number of carbonyl (C=O) groups excluding carboxylic acids is 3. The van der Waals surface area contributed by atoms with E-state index >= 15 is 0 Å². The second-order valence-corrected chi connectivity index (χ2v) is 13.1. The number of halogens is 1. The molecule has 0 aromatic heterocycles. The first-order chi connectivity index (χ1) is 20.7. The van der Waals surface area contributed by atoms with E-state index < -0.39 is 57.9 Å². The summed E-state index contributed by atoms with van der Waals surface area (Å²) in [7, 11) is -4.95. The third kappa shape index (κ3) is 13.4. The van der Waals surface area contributed by atoms with Gasteiger partial charge in [-0.25, -0.2) is 0 Å². The van der Waals surface area contributed by atoms with E-state index in [4.69, 9.17) is 11.3 Å². The van der Waals surface area contributed by atoms with Crippen molar-refractivity contribution < 1.29 is 26.7 Å². The zero-order valence-corrected chi connectivity index (χ0v) is 26.3. The molecule has 12 nitrogen and oxygen atoms in total. The van der Waals surface area contributed by atoms with Crippen LogP contribution in [0, 0.1) is 11.8 Å². The minimum atomic E-state index is -4.95. The van der Waals surface area contributed by atoms with E-state index in [1.807, 2.05) is 33.8 Å². The second kappa shape index (κ2) is 17.2. The van der Waals surface area contributed by atoms with E-state index in [1.54, 1.807) is 48.5 Å². The fraction of sp³-hybridized carbons (Fsp3) is 0.500. The summed E-state index contributed by atoms with van der Waals surface area (Å²) < 4.78 is 36.8. The Morgan fingerprint density at radius 2 is 1.32 bits per heavy atom. The van der Waals surface area contributed by atoms with Crippen LogP contribution in [-0.4, -0.2) is 56.1 Å². The summed E-state index contributed by atoms with van der Waals surface area (Å²) in [6.07, 6.45) is 0.539. The minimum Gasteiger partial charge on any atom is -0.399 e. The van der Waals surface area contributed by atoms with Crippen LogP contribution in [0.5, 0.6) is 0 Å². The van der Waals surface area contributed by atoms with E-state index in [2.05, 4.69) is 26.0 Å². The molecule has 3 amide bonds. The van der Waals surface area contributed by atoms with Gasteiger partial charge in [0.1, 0.15) is 23.9 Å². The zero-order valence-electron chi connectivity index (χ0n) is 25.4. The molecule has 0 aliphatic carbocycles. The van der Waals surface area contributed by atoms with Crippen molar-refractivity contribution in [2.45, 2.75) is 77.5 Å². The number of rotatable bonds is 17. The number of amides is 3. The van der Waals surface area contributed by atoms with Gasteiger partial charge in [-0.2, -0.15) is 8.42 Å². The molecule has 0 heterocycles. The summed E-state index contributed by atoms with van der Waals surface area (Å²) >= 11 is 0. The Labute approximate surface area is 258 Å². The Balaban J connectivity index is 2.24. The first-order valence-corrected chi connectivity index (χ1v) is 16.0. The van der Waals surface area contributed by atoms with Gasteiger partial charge in [0.2, 0.25) is 17.7 Å². The fourth-order valence-corrected chi connectivity index (χ4v) is 5.35. The molecular formula is C30H42FN7O5S. The quantitative estimate of drug-likeness (QED) is 0.0677. The number of azide groups is 1. The lowest BCUT2D eigenvalue weighted by atomic mass is 9.99. The Morgan fingerprint density at radius 1 is 0.818 bits per heavy atom. The third-order valence-electron chi connectivity index (χ3n) is 6.65. The second-order valence-electron chi connectivity index (χ2n) is 11.6. The minimum absolute atomic E-state index is 0.00571. The number of nitrogen functional groups attached to an aromatic ring is 1. The molecule has 2 aromatic rings. The number of anilines is 1. The number of nitrogens with zero attached hydrogens (tertiary/aromatic N) is 3. The maximum absolute atomic E-state index is 13.7. The normalized spacial score (nSPS) is 14.2. The van der Waals surface area contributed by atoms with Gasteiger partial charge >= 0.3 is 10.2 Å². The van der Waals surface area contributed by atoms with Gasteiger partial charge in [-0.05, 0) is 66.3 Å². The average Bonchev–Trinajstić information content (AvgIpc) is 2.92. The number of carbonyl (C=O) groups is 3. The molecule has 0 radical (unpaired) electrons. The number of nitrogens with two attached hydrogens (primary N) is 1. The lowest BCUT2D eigenvalue weighted by Gasteiger charge is -2.27. The zero-order chi connectivity index (χ0) is 32.9. The molecule has 0 unspecified atom stereocenters. The van der Waals surface area contributed by atoms with E-state index in [1.165, 1.54) is 0 Å². The molecule has 0 fully saturated rings. The molecule has 2 rings (SSSR count). The van der Waals surface area contributed by atoms with Gasteiger partial charge in [0.15, 0.2) is 0 Å². The lowest BCUT2D eigenvalue weighted by Crippen LogP contribution is -2.57. The third-order valence-corrected chi connectivity index (χ3v) is 7.45. The smallest absolute Gasteiger partial charge is 0.304 e. The van der Waals surface area contributed by atoms with Gasteiger partial charge in [-0.1, -0.05) is 75.3 Å². The average molecular weight is 632 g/mol. The van der Waals surface area contributed by atoms with E-state index in [0.29, 0.717) is 11.3 Å². The first-order valence-electron chi connectivity index (χ1n) is 14.4. The van der Waals surface area contributed by atoms with Crippen LogP contribution >= 0.6 is 0 Å². The van der Waals surface area contributed by atoms with Crippen LogP contribution in [-0.2, 0) is 37.4 Å². The van der Waals surface area contributed by atoms with Crippen LogP contribution in [0.15, 0.2) is 59.7 Å². The van der Waals surface area contributed by atoms with E-state index in [-0.39, 0.29) is 37.5 Å². The van der Waals surface area contributed by atoms with Crippen molar-refractivity contribution >= 4 is 33.6 Å². The highest BCUT2D eigenvalue weighted by molar-refractivity contribution is 7.86. The fourth-order valence-electron chi connectivity index (χ4n) is 4.66. The topological polar surface area (TPSA) is 196 Å². The SMILES string of the molecule is CC(C)C[C@H](NC(=O)[C@H](Cc1ccccc1)N=[N+]=[N-])C(=O)N[C@@H](CC(C)C)C(=O)N[C@@H](Cc1ccc(N)cc1)CS(=O)(=O)F. The highest BCUT2D eigenvalue weighted by Gasteiger charge is 2.31. The molecule has 0 bridgehead atoms. The predicted molar refractivity (Wildman–Crippen MR) is 167 cm³/mol. The Kier molecular flexibility index (Phi) is 14.1. The molecule has 0 spiro atoms. The van der Waals surface area contributed by atoms with Gasteiger partial charge in [0.05, 0.1) is 0 Å². The number of benzene rings is 2. The van der Waals surface area contributed by atoms with Crippen LogP contribution in [0.1, 0.15) is 51.7 Å². The maximum atomic E-state index is 13.7. The molecule has 0 aliphatic heterocycles. The maximum Gasteiger partial charge on any atom is 0.304 e. The number of nitrogens with one attached hydrogen (secondary N) is 3. The Hall–Kier alpha value is -4.16. The van der Waals surface area contributed by atoms with Crippen molar-refractivity contribution in [1.82, 2.24) is 16.0 Å². The molecule has 0 saturated heterocycles. The van der Waals surface area contributed by atoms with E-state index in [0.717, 1.165) is 5.56 Å². The monoisotopic (exact) mass is 631 g/mol. The lowest BCUT2D eigenvalue weighted by molar-refractivity contribution is -0.133. The van der Waals surface area contributed by atoms with Crippen molar-refractivity contribution in [2.24, 2.45) is 17.0 Å². The summed E-state index contributed by atoms with van der Waals surface area (Å²) in [6.45, 7) is 7.40. The molecule has 44 heavy (non-hydrogen) atoms. The molecule has 0 saturated carbocycles. The van der Waals surface area contributed by atoms with Crippen molar-refractivity contribution in [1.29, 1.82) is 0 Å². The van der Waals surface area contributed by atoms with Crippen LogP contribution in [0.4, 0.5) is 9.57 Å². The van der Waals surface area contributed by atoms with Gasteiger partial charge in [0.25, 0.3) is 0 Å². The van der Waals surface area contributed by atoms with Gasteiger partial charge in [-0.15, -0.1) is 3.89 Å². The summed E-state index contributed by atoms with van der Waals surface area (Å²) in [5.41, 5.74) is 16.6. The van der Waals surface area contributed by atoms with Crippen molar-refractivity contribution in [3.8, 4) is 0 Å². The summed E-state index contributed by atoms with van der Waals surface area (Å²) in [6, 6.07) is 11.1. The van der Waals surface area contributed by atoms with Crippen molar-refractivity contribution in [2.75, 3.05) is 11.5 Å². The van der Waals surface area contributed by atoms with Crippen LogP contribution in [0.3, 0.4) is 0 Å². The Bertz CT molecular complexity index is 1400. The molecule has 0 aliphatic rings. The first kappa shape index (κ1) is 36.0. The predicted octanol–water partition coefficient (Wildman–Crippen LogP) is 3.58. The molecule has 14 heteroatoms. The van der Waals surface area contributed by atoms with E-state index in [9.17, 15) is 26.7 Å². The van der Waals surface area contributed by atoms with Crippen molar-refractivity contribution in [3.63, 3.8) is 0 Å². The molecule has 2 aromatic carbocycles. The summed E-state index contributed by atoms with van der Waals surface area (Å²) in [4.78, 5) is 42.9. The van der Waals surface area contributed by atoms with Gasteiger partial charge in [-0.3, -0.25) is 14.4 Å². The highest BCUT2D eigenvalue weighted by Crippen LogP contribution is 2.14. The largest absolute Gasteiger partial charge is 0.399 e. The molecule has 4 atom stereocenters. The van der Waals surface area contributed by atoms with Gasteiger partial charge in [0, 0.05) is 16.6 Å².